The van der Waals surface area contributed by atoms with Crippen LogP contribution in [0, 0.1) is 11.8 Å². The molecule has 0 radical (unpaired) electrons. The SMILES string of the molecule is O[C@@H]1[C@@H]2CC[C@H]1C[C@H](OCc1c(-c3ccccc3OC(F)(F)F)noc1C1CC1)C2. The smallest absolute Gasteiger partial charge is 0.405 e. The maximum Gasteiger partial charge on any atom is 0.573 e. The molecular formula is C22H24F3NO4. The molecule has 2 aromatic rings. The third kappa shape index (κ3) is 3.95. The Bertz CT molecular complexity index is 894. The Morgan fingerprint density at radius 3 is 2.43 bits per heavy atom. The number of nitrogens with zero attached hydrogens (tertiary/aromatic N) is 1. The van der Waals surface area contributed by atoms with Gasteiger partial charge in [0.1, 0.15) is 17.2 Å². The number of para-hydroxylation sites is 1. The lowest BCUT2D eigenvalue weighted by atomic mass is 9.84. The Morgan fingerprint density at radius 2 is 1.77 bits per heavy atom. The maximum absolute atomic E-state index is 12.9. The van der Waals surface area contributed by atoms with Crippen molar-refractivity contribution in [3.63, 3.8) is 0 Å². The van der Waals surface area contributed by atoms with E-state index in [-0.39, 0.29) is 47.9 Å². The highest BCUT2D eigenvalue weighted by atomic mass is 19.4. The second-order valence-corrected chi connectivity index (χ2v) is 8.68. The Kier molecular flexibility index (Phi) is 5.01. The molecule has 0 amide bonds. The monoisotopic (exact) mass is 423 g/mol. The molecule has 4 atom stereocenters. The molecule has 0 unspecified atom stereocenters. The molecule has 5 nitrogen and oxygen atoms in total. The molecule has 5 rings (SSSR count). The van der Waals surface area contributed by atoms with Gasteiger partial charge in [-0.15, -0.1) is 13.2 Å². The van der Waals surface area contributed by atoms with Crippen LogP contribution >= 0.6 is 0 Å². The van der Waals surface area contributed by atoms with Crippen LogP contribution < -0.4 is 4.74 Å². The van der Waals surface area contributed by atoms with Crippen LogP contribution in [0.1, 0.15) is 55.8 Å². The highest BCUT2D eigenvalue weighted by Gasteiger charge is 2.42. The van der Waals surface area contributed by atoms with Crippen LogP contribution in [0.2, 0.25) is 0 Å². The summed E-state index contributed by atoms with van der Waals surface area (Å²) in [7, 11) is 0. The van der Waals surface area contributed by atoms with Crippen molar-refractivity contribution in [1.82, 2.24) is 5.16 Å². The lowest BCUT2D eigenvalue weighted by molar-refractivity contribution is -0.274. The summed E-state index contributed by atoms with van der Waals surface area (Å²) in [5.41, 5.74) is 1.29. The predicted molar refractivity (Wildman–Crippen MR) is 101 cm³/mol. The van der Waals surface area contributed by atoms with Crippen LogP contribution in [0.25, 0.3) is 11.3 Å². The molecule has 1 aromatic carbocycles. The van der Waals surface area contributed by atoms with Crippen LogP contribution in [0.4, 0.5) is 13.2 Å². The van der Waals surface area contributed by atoms with Crippen LogP contribution in [-0.2, 0) is 11.3 Å². The zero-order valence-corrected chi connectivity index (χ0v) is 16.4. The number of halogens is 3. The number of hydrogen-bond donors (Lipinski definition) is 1. The quantitative estimate of drug-likeness (QED) is 0.693. The third-order valence-electron chi connectivity index (χ3n) is 6.60. The van der Waals surface area contributed by atoms with Gasteiger partial charge in [-0.3, -0.25) is 0 Å². The first-order chi connectivity index (χ1) is 14.4. The van der Waals surface area contributed by atoms with Crippen molar-refractivity contribution in [2.45, 2.75) is 69.6 Å². The van der Waals surface area contributed by atoms with Crippen molar-refractivity contribution in [3.05, 3.63) is 35.6 Å². The molecular weight excluding hydrogens is 399 g/mol. The first kappa shape index (κ1) is 19.9. The molecule has 3 aliphatic rings. The second kappa shape index (κ2) is 7.57. The van der Waals surface area contributed by atoms with Crippen molar-refractivity contribution < 1.29 is 32.3 Å². The predicted octanol–water partition coefficient (Wildman–Crippen LogP) is 5.18. The van der Waals surface area contributed by atoms with Crippen LogP contribution in [0.5, 0.6) is 5.75 Å². The van der Waals surface area contributed by atoms with Crippen LogP contribution in [-0.4, -0.2) is 28.8 Å². The first-order valence-electron chi connectivity index (χ1n) is 10.5. The fourth-order valence-corrected chi connectivity index (χ4v) is 4.99. The highest BCUT2D eigenvalue weighted by Crippen LogP contribution is 2.47. The van der Waals surface area contributed by atoms with Gasteiger partial charge in [-0.1, -0.05) is 17.3 Å². The van der Waals surface area contributed by atoms with E-state index in [0.717, 1.165) is 38.5 Å². The summed E-state index contributed by atoms with van der Waals surface area (Å²) in [4.78, 5) is 0. The van der Waals surface area contributed by atoms with Gasteiger partial charge in [-0.25, -0.2) is 0 Å². The summed E-state index contributed by atoms with van der Waals surface area (Å²) in [6.07, 6.45) is 0.629. The van der Waals surface area contributed by atoms with Gasteiger partial charge < -0.3 is 19.1 Å². The molecule has 0 aliphatic heterocycles. The van der Waals surface area contributed by atoms with Gasteiger partial charge >= 0.3 is 6.36 Å². The molecule has 30 heavy (non-hydrogen) atoms. The van der Waals surface area contributed by atoms with Gasteiger partial charge in [0, 0.05) is 17.0 Å². The summed E-state index contributed by atoms with van der Waals surface area (Å²) in [5, 5.41) is 14.3. The number of aromatic nitrogens is 1. The minimum absolute atomic E-state index is 0.0300. The highest BCUT2D eigenvalue weighted by molar-refractivity contribution is 5.70. The maximum atomic E-state index is 12.9. The Balaban J connectivity index is 1.40. The van der Waals surface area contributed by atoms with E-state index in [1.807, 2.05) is 0 Å². The van der Waals surface area contributed by atoms with E-state index in [4.69, 9.17) is 9.26 Å². The first-order valence-corrected chi connectivity index (χ1v) is 10.5. The van der Waals surface area contributed by atoms with Crippen molar-refractivity contribution in [2.75, 3.05) is 0 Å². The molecule has 3 aliphatic carbocycles. The fourth-order valence-electron chi connectivity index (χ4n) is 4.99. The van der Waals surface area contributed by atoms with Crippen LogP contribution in [0.3, 0.4) is 0 Å². The zero-order chi connectivity index (χ0) is 20.9. The standard InChI is InChI=1S/C22H24F3NO4/c23-22(24,25)29-18-4-2-1-3-16(18)19-17(21(30-26-19)12-5-6-12)11-28-15-9-13-7-8-14(10-15)20(13)27/h1-4,12-15,20,27H,5-11H2/t13-,14+,15-,20-. The molecule has 2 bridgehead atoms. The van der Waals surface area contributed by atoms with Crippen molar-refractivity contribution in [3.8, 4) is 17.0 Å². The largest absolute Gasteiger partial charge is 0.573 e. The van der Waals surface area contributed by atoms with E-state index in [9.17, 15) is 18.3 Å². The molecule has 0 saturated heterocycles. The number of aliphatic hydroxyl groups excluding tert-OH is 1. The lowest BCUT2D eigenvalue weighted by Gasteiger charge is -2.32. The van der Waals surface area contributed by atoms with Gasteiger partial charge in [0.05, 0.1) is 18.8 Å². The number of benzene rings is 1. The van der Waals surface area contributed by atoms with Crippen molar-refractivity contribution in [2.24, 2.45) is 11.8 Å². The Labute approximate surface area is 172 Å². The van der Waals surface area contributed by atoms with Crippen LogP contribution in [0.15, 0.2) is 28.8 Å². The molecule has 0 spiro atoms. The summed E-state index contributed by atoms with van der Waals surface area (Å²) < 4.78 is 54.6. The van der Waals surface area contributed by atoms with Gasteiger partial charge in [-0.05, 0) is 62.5 Å². The van der Waals surface area contributed by atoms with Crippen molar-refractivity contribution >= 4 is 0 Å². The minimum Gasteiger partial charge on any atom is -0.405 e. The van der Waals surface area contributed by atoms with Gasteiger partial charge in [-0.2, -0.15) is 0 Å². The number of fused-ring (bicyclic) bond motifs is 2. The second-order valence-electron chi connectivity index (χ2n) is 8.68. The zero-order valence-electron chi connectivity index (χ0n) is 16.4. The molecule has 1 heterocycles. The Morgan fingerprint density at radius 1 is 1.07 bits per heavy atom. The average molecular weight is 423 g/mol. The van der Waals surface area contributed by atoms with E-state index in [0.29, 0.717) is 17.0 Å². The molecule has 3 fully saturated rings. The summed E-state index contributed by atoms with van der Waals surface area (Å²) in [6.45, 7) is 0.227. The van der Waals surface area contributed by atoms with Crippen molar-refractivity contribution in [1.29, 1.82) is 0 Å². The summed E-state index contributed by atoms with van der Waals surface area (Å²) in [6, 6.07) is 5.97. The molecule has 162 valence electrons. The van der Waals surface area contributed by atoms with Gasteiger partial charge in [0.25, 0.3) is 0 Å². The molecule has 3 saturated carbocycles. The minimum atomic E-state index is -4.79. The fraction of sp³-hybridized carbons (Fsp3) is 0.591. The van der Waals surface area contributed by atoms with E-state index in [1.165, 1.54) is 12.1 Å². The van der Waals surface area contributed by atoms with E-state index in [2.05, 4.69) is 9.89 Å². The number of rotatable bonds is 6. The van der Waals surface area contributed by atoms with E-state index < -0.39 is 6.36 Å². The van der Waals surface area contributed by atoms with E-state index in [1.54, 1.807) is 12.1 Å². The average Bonchev–Trinajstić information content (AvgIpc) is 3.42. The Hall–Kier alpha value is -2.06. The topological polar surface area (TPSA) is 64.7 Å². The number of ether oxygens (including phenoxy) is 2. The third-order valence-corrected chi connectivity index (χ3v) is 6.60. The number of aliphatic hydroxyl groups is 1. The molecule has 8 heteroatoms. The normalized spacial score (nSPS) is 28.7. The number of alkyl halides is 3. The summed E-state index contributed by atoms with van der Waals surface area (Å²) >= 11 is 0. The number of hydrogen-bond acceptors (Lipinski definition) is 5. The van der Waals surface area contributed by atoms with Gasteiger partial charge in [0.2, 0.25) is 0 Å². The summed E-state index contributed by atoms with van der Waals surface area (Å²) in [5.74, 6) is 1.19. The van der Waals surface area contributed by atoms with E-state index >= 15 is 0 Å². The molecule has 1 aromatic heterocycles. The molecule has 1 N–H and O–H groups in total. The lowest BCUT2D eigenvalue weighted by Crippen LogP contribution is -2.34. The van der Waals surface area contributed by atoms with Gasteiger partial charge in [0.15, 0.2) is 0 Å².